The van der Waals surface area contributed by atoms with Gasteiger partial charge in [-0.05, 0) is 75.4 Å². The van der Waals surface area contributed by atoms with Gasteiger partial charge in [-0.1, -0.05) is 13.0 Å². The molecule has 3 saturated heterocycles. The molecule has 2 amide bonds. The number of anilines is 1. The number of nitrogens with zero attached hydrogens (tertiary/aromatic N) is 3. The second-order valence-electron chi connectivity index (χ2n) is 10.6. The molecular weight excluding hydrogens is 440 g/mol. The molecule has 184 valence electrons. The van der Waals surface area contributed by atoms with E-state index in [-0.39, 0.29) is 11.3 Å². The predicted molar refractivity (Wildman–Crippen MR) is 138 cm³/mol. The van der Waals surface area contributed by atoms with Gasteiger partial charge < -0.3 is 25.8 Å². The molecule has 6 rings (SSSR count). The number of fused-ring (bicyclic) bond motifs is 3. The Hall–Kier alpha value is -3.13. The third-order valence-corrected chi connectivity index (χ3v) is 8.65. The molecule has 1 spiro atoms. The molecule has 3 fully saturated rings. The van der Waals surface area contributed by atoms with Crippen molar-refractivity contribution >= 4 is 39.4 Å². The van der Waals surface area contributed by atoms with Crippen LogP contribution in [0.25, 0.3) is 21.8 Å². The smallest absolute Gasteiger partial charge is 0.252 e. The summed E-state index contributed by atoms with van der Waals surface area (Å²) in [5.41, 5.74) is 8.87. The second kappa shape index (κ2) is 8.52. The van der Waals surface area contributed by atoms with Crippen molar-refractivity contribution in [2.45, 2.75) is 44.9 Å². The third kappa shape index (κ3) is 3.66. The van der Waals surface area contributed by atoms with E-state index in [1.54, 1.807) is 6.20 Å². The van der Waals surface area contributed by atoms with Gasteiger partial charge in [0.2, 0.25) is 5.91 Å². The van der Waals surface area contributed by atoms with Gasteiger partial charge in [0.05, 0.1) is 21.9 Å². The van der Waals surface area contributed by atoms with E-state index in [1.165, 1.54) is 5.56 Å². The highest BCUT2D eigenvalue weighted by atomic mass is 16.2. The van der Waals surface area contributed by atoms with Crippen LogP contribution in [0.1, 0.15) is 60.9 Å². The highest BCUT2D eigenvalue weighted by Gasteiger charge is 2.45. The Balaban J connectivity index is 1.46. The molecule has 1 unspecified atom stereocenters. The quantitative estimate of drug-likeness (QED) is 0.539. The molecule has 8 heteroatoms. The number of carbonyl (C=O) groups is 2. The number of hydrogen-bond donors (Lipinski definition) is 3. The molecule has 3 aromatic rings. The Morgan fingerprint density at radius 1 is 1.23 bits per heavy atom. The molecule has 5 heterocycles. The summed E-state index contributed by atoms with van der Waals surface area (Å²) in [5, 5.41) is 5.06. The number of aromatic nitrogens is 2. The molecule has 4 N–H and O–H groups in total. The summed E-state index contributed by atoms with van der Waals surface area (Å²) in [4.78, 5) is 38.0. The van der Waals surface area contributed by atoms with E-state index in [9.17, 15) is 9.59 Å². The van der Waals surface area contributed by atoms with Crippen LogP contribution in [-0.2, 0) is 4.79 Å². The number of nitrogens with one attached hydrogen (secondary N) is 2. The number of carbonyl (C=O) groups excluding carboxylic acids is 2. The lowest BCUT2D eigenvalue weighted by Gasteiger charge is -2.39. The van der Waals surface area contributed by atoms with Gasteiger partial charge >= 0.3 is 0 Å². The van der Waals surface area contributed by atoms with Crippen molar-refractivity contribution in [2.75, 3.05) is 44.2 Å². The minimum Gasteiger partial charge on any atom is -0.365 e. The van der Waals surface area contributed by atoms with Gasteiger partial charge in [-0.15, -0.1) is 0 Å². The summed E-state index contributed by atoms with van der Waals surface area (Å²) >= 11 is 0. The normalized spacial score (nSPS) is 24.0. The first kappa shape index (κ1) is 22.3. The van der Waals surface area contributed by atoms with Crippen LogP contribution in [-0.4, -0.2) is 66.0 Å². The van der Waals surface area contributed by atoms with Crippen LogP contribution in [0.15, 0.2) is 24.4 Å². The van der Waals surface area contributed by atoms with E-state index in [0.717, 1.165) is 92.5 Å². The van der Waals surface area contributed by atoms with Crippen LogP contribution in [0, 0.1) is 5.41 Å². The van der Waals surface area contributed by atoms with Crippen molar-refractivity contribution in [3.63, 3.8) is 0 Å². The Kier molecular flexibility index (Phi) is 5.44. The number of primary amides is 1. The number of benzene rings is 1. The van der Waals surface area contributed by atoms with Gasteiger partial charge in [0, 0.05) is 36.7 Å². The lowest BCUT2D eigenvalue weighted by Crippen LogP contribution is -2.47. The van der Waals surface area contributed by atoms with Crippen molar-refractivity contribution in [1.29, 1.82) is 0 Å². The van der Waals surface area contributed by atoms with Crippen molar-refractivity contribution in [3.8, 4) is 0 Å². The molecule has 0 bridgehead atoms. The molecule has 1 aromatic carbocycles. The lowest BCUT2D eigenvalue weighted by molar-refractivity contribution is -0.128. The summed E-state index contributed by atoms with van der Waals surface area (Å²) in [6.07, 6.45) is 6.61. The molecule has 0 saturated carbocycles. The fourth-order valence-corrected chi connectivity index (χ4v) is 6.58. The van der Waals surface area contributed by atoms with Gasteiger partial charge in [-0.2, -0.15) is 0 Å². The maximum absolute atomic E-state index is 12.7. The topological polar surface area (TPSA) is 107 Å². The minimum absolute atomic E-state index is 0.159. The van der Waals surface area contributed by atoms with Crippen LogP contribution >= 0.6 is 0 Å². The predicted octanol–water partition coefficient (Wildman–Crippen LogP) is 3.12. The zero-order chi connectivity index (χ0) is 24.2. The average Bonchev–Trinajstić information content (AvgIpc) is 3.43. The number of nitrogens with two attached hydrogens (primary N) is 1. The van der Waals surface area contributed by atoms with Crippen LogP contribution in [0.2, 0.25) is 0 Å². The zero-order valence-electron chi connectivity index (χ0n) is 20.4. The van der Waals surface area contributed by atoms with Gasteiger partial charge in [-0.25, -0.2) is 4.98 Å². The van der Waals surface area contributed by atoms with Crippen LogP contribution in [0.3, 0.4) is 0 Å². The Morgan fingerprint density at radius 3 is 2.77 bits per heavy atom. The molecule has 35 heavy (non-hydrogen) atoms. The fourth-order valence-electron chi connectivity index (χ4n) is 6.58. The number of rotatable bonds is 4. The van der Waals surface area contributed by atoms with Gasteiger partial charge in [-0.3, -0.25) is 9.59 Å². The zero-order valence-corrected chi connectivity index (χ0v) is 20.4. The summed E-state index contributed by atoms with van der Waals surface area (Å²) in [6, 6.07) is 6.64. The van der Waals surface area contributed by atoms with E-state index < -0.39 is 5.91 Å². The number of aromatic amines is 1. The highest BCUT2D eigenvalue weighted by molar-refractivity contribution is 6.18. The standard InChI is InChI=1S/C27H34N6O2/c1-2-32-12-6-17(7-13-32)18-4-5-21-19(14-18)22-23(31-21)20(24(28)34)15-30-25(22)33-11-3-8-27(16-33)9-10-29-26(27)35/h4-5,14-15,17,31H,2-3,6-13,16H2,1H3,(H2,28,34)(H,29,35). The average molecular weight is 475 g/mol. The van der Waals surface area contributed by atoms with Crippen LogP contribution < -0.4 is 16.0 Å². The Labute approximate surface area is 205 Å². The minimum atomic E-state index is -0.488. The van der Waals surface area contributed by atoms with Gasteiger partial charge in [0.1, 0.15) is 5.82 Å². The lowest BCUT2D eigenvalue weighted by atomic mass is 9.78. The van der Waals surface area contributed by atoms with Crippen molar-refractivity contribution < 1.29 is 9.59 Å². The number of hydrogen-bond acceptors (Lipinski definition) is 5. The number of pyridine rings is 1. The SMILES string of the molecule is CCN1CCC(c2ccc3[nH]c4c(C(N)=O)cnc(N5CCCC6(CCNC6=O)C5)c4c3c2)CC1. The summed E-state index contributed by atoms with van der Waals surface area (Å²) in [5.74, 6) is 1.04. The highest BCUT2D eigenvalue weighted by Crippen LogP contribution is 2.42. The first-order chi connectivity index (χ1) is 17.0. The van der Waals surface area contributed by atoms with Crippen molar-refractivity contribution in [1.82, 2.24) is 20.2 Å². The monoisotopic (exact) mass is 474 g/mol. The summed E-state index contributed by atoms with van der Waals surface area (Å²) < 4.78 is 0. The van der Waals surface area contributed by atoms with Gasteiger partial charge in [0.15, 0.2) is 0 Å². The maximum atomic E-state index is 12.7. The van der Waals surface area contributed by atoms with E-state index in [2.05, 4.69) is 45.2 Å². The van der Waals surface area contributed by atoms with Gasteiger partial charge in [0.25, 0.3) is 5.91 Å². The van der Waals surface area contributed by atoms with E-state index >= 15 is 0 Å². The summed E-state index contributed by atoms with van der Waals surface area (Å²) in [6.45, 7) is 7.82. The molecule has 1 atom stereocenters. The van der Waals surface area contributed by atoms with Crippen molar-refractivity contribution in [3.05, 3.63) is 35.5 Å². The van der Waals surface area contributed by atoms with Crippen molar-refractivity contribution in [2.24, 2.45) is 11.1 Å². The molecule has 3 aliphatic rings. The molecular formula is C27H34N6O2. The number of piperidine rings is 2. The summed E-state index contributed by atoms with van der Waals surface area (Å²) in [7, 11) is 0. The molecule has 2 aromatic heterocycles. The van der Waals surface area contributed by atoms with E-state index in [0.29, 0.717) is 18.0 Å². The molecule has 8 nitrogen and oxygen atoms in total. The first-order valence-corrected chi connectivity index (χ1v) is 13.0. The molecule has 0 aliphatic carbocycles. The van der Waals surface area contributed by atoms with Crippen LogP contribution in [0.5, 0.6) is 0 Å². The largest absolute Gasteiger partial charge is 0.365 e. The number of likely N-dealkylation sites (tertiary alicyclic amines) is 1. The fraction of sp³-hybridized carbons (Fsp3) is 0.519. The molecule has 3 aliphatic heterocycles. The third-order valence-electron chi connectivity index (χ3n) is 8.65. The Bertz CT molecular complexity index is 1310. The maximum Gasteiger partial charge on any atom is 0.252 e. The number of H-pyrrole nitrogens is 1. The second-order valence-corrected chi connectivity index (χ2v) is 10.6. The first-order valence-electron chi connectivity index (χ1n) is 13.0. The van der Waals surface area contributed by atoms with E-state index in [4.69, 9.17) is 10.7 Å². The Morgan fingerprint density at radius 2 is 2.06 bits per heavy atom. The number of amides is 2. The van der Waals surface area contributed by atoms with E-state index in [1.807, 2.05) is 0 Å². The molecule has 0 radical (unpaired) electrons. The van der Waals surface area contributed by atoms with Crippen LogP contribution in [0.4, 0.5) is 5.82 Å².